The predicted molar refractivity (Wildman–Crippen MR) is 75.1 cm³/mol. The second kappa shape index (κ2) is 8.92. The molecule has 1 aromatic rings. The Morgan fingerprint density at radius 2 is 2.00 bits per heavy atom. The lowest BCUT2D eigenvalue weighted by atomic mass is 10.2. The molecule has 0 bridgehead atoms. The van der Waals surface area contributed by atoms with Crippen LogP contribution in [0.25, 0.3) is 0 Å². The highest BCUT2D eigenvalue weighted by Gasteiger charge is 2.09. The lowest BCUT2D eigenvalue weighted by Gasteiger charge is -2.09. The average molecular weight is 280 g/mol. The van der Waals surface area contributed by atoms with Crippen molar-refractivity contribution in [2.24, 2.45) is 0 Å². The monoisotopic (exact) mass is 280 g/mol. The zero-order valence-corrected chi connectivity index (χ0v) is 11.5. The maximum Gasteiger partial charge on any atom is 0.339 e. The number of para-hydroxylation sites is 1. The summed E-state index contributed by atoms with van der Waals surface area (Å²) < 4.78 is 5.39. The quantitative estimate of drug-likeness (QED) is 0.584. The van der Waals surface area contributed by atoms with Gasteiger partial charge in [0.1, 0.15) is 17.9 Å². The van der Waals surface area contributed by atoms with Crippen molar-refractivity contribution in [3.05, 3.63) is 29.8 Å². The highest BCUT2D eigenvalue weighted by Crippen LogP contribution is 2.17. The third-order valence-electron chi connectivity index (χ3n) is 2.51. The molecular formula is C14H20N2O4. The van der Waals surface area contributed by atoms with Gasteiger partial charge in [-0.2, -0.15) is 0 Å². The summed E-state index contributed by atoms with van der Waals surface area (Å²) in [6.45, 7) is 3.65. The number of nitrogens with one attached hydrogen (secondary N) is 2. The van der Waals surface area contributed by atoms with E-state index in [0.29, 0.717) is 25.4 Å². The topological polar surface area (TPSA) is 87.7 Å². The lowest BCUT2D eigenvalue weighted by Crippen LogP contribution is -2.35. The molecule has 0 saturated carbocycles. The van der Waals surface area contributed by atoms with Crippen LogP contribution in [0.5, 0.6) is 5.75 Å². The molecule has 0 aromatic heterocycles. The van der Waals surface area contributed by atoms with E-state index in [1.807, 2.05) is 6.92 Å². The number of ether oxygens (including phenoxy) is 1. The van der Waals surface area contributed by atoms with Gasteiger partial charge in [0.05, 0.1) is 6.54 Å². The third-order valence-corrected chi connectivity index (χ3v) is 2.51. The van der Waals surface area contributed by atoms with Crippen molar-refractivity contribution in [2.45, 2.75) is 13.3 Å². The summed E-state index contributed by atoms with van der Waals surface area (Å²) in [5, 5.41) is 14.6. The second-order valence-corrected chi connectivity index (χ2v) is 4.18. The summed E-state index contributed by atoms with van der Waals surface area (Å²) in [4.78, 5) is 22.2. The minimum Gasteiger partial charge on any atom is -0.491 e. The highest BCUT2D eigenvalue weighted by atomic mass is 16.5. The van der Waals surface area contributed by atoms with Crippen molar-refractivity contribution in [2.75, 3.05) is 26.2 Å². The van der Waals surface area contributed by atoms with Crippen molar-refractivity contribution < 1.29 is 19.4 Å². The van der Waals surface area contributed by atoms with Crippen molar-refractivity contribution in [3.8, 4) is 5.75 Å². The standard InChI is InChI=1S/C14H20N2O4/c1-2-7-16-13(17)10-15-8-9-20-12-6-4-3-5-11(12)14(18)19/h3-6,15H,2,7-10H2,1H3,(H,16,17)(H,18,19). The van der Waals surface area contributed by atoms with Crippen LogP contribution >= 0.6 is 0 Å². The summed E-state index contributed by atoms with van der Waals surface area (Å²) in [6, 6.07) is 6.46. The zero-order valence-electron chi connectivity index (χ0n) is 11.5. The molecule has 0 spiro atoms. The van der Waals surface area contributed by atoms with Gasteiger partial charge < -0.3 is 20.5 Å². The van der Waals surface area contributed by atoms with Crippen molar-refractivity contribution in [1.29, 1.82) is 0 Å². The maximum absolute atomic E-state index is 11.3. The van der Waals surface area contributed by atoms with Gasteiger partial charge in [-0.15, -0.1) is 0 Å². The van der Waals surface area contributed by atoms with Crippen LogP contribution in [0.15, 0.2) is 24.3 Å². The van der Waals surface area contributed by atoms with Gasteiger partial charge >= 0.3 is 5.97 Å². The van der Waals surface area contributed by atoms with E-state index < -0.39 is 5.97 Å². The first-order chi connectivity index (χ1) is 9.65. The molecule has 1 aromatic carbocycles. The van der Waals surface area contributed by atoms with Gasteiger partial charge in [0, 0.05) is 13.1 Å². The number of aromatic carboxylic acids is 1. The molecular weight excluding hydrogens is 260 g/mol. The number of amides is 1. The predicted octanol–water partition coefficient (Wildman–Crippen LogP) is 0.879. The second-order valence-electron chi connectivity index (χ2n) is 4.18. The van der Waals surface area contributed by atoms with E-state index in [1.54, 1.807) is 18.2 Å². The minimum absolute atomic E-state index is 0.0576. The summed E-state index contributed by atoms with van der Waals surface area (Å²) in [6.07, 6.45) is 0.904. The number of carbonyl (C=O) groups excluding carboxylic acids is 1. The van der Waals surface area contributed by atoms with Gasteiger partial charge in [0.25, 0.3) is 0 Å². The number of rotatable bonds is 9. The van der Waals surface area contributed by atoms with Gasteiger partial charge in [0.15, 0.2) is 0 Å². The first kappa shape index (κ1) is 16.0. The fourth-order valence-electron chi connectivity index (χ4n) is 1.53. The number of benzene rings is 1. The Labute approximate surface area is 118 Å². The fraction of sp³-hybridized carbons (Fsp3) is 0.429. The molecule has 6 nitrogen and oxygen atoms in total. The molecule has 0 radical (unpaired) electrons. The zero-order chi connectivity index (χ0) is 14.8. The van der Waals surface area contributed by atoms with E-state index in [0.717, 1.165) is 6.42 Å². The Morgan fingerprint density at radius 3 is 2.70 bits per heavy atom. The molecule has 20 heavy (non-hydrogen) atoms. The fourth-order valence-corrected chi connectivity index (χ4v) is 1.53. The van der Waals surface area contributed by atoms with Crippen LogP contribution in [0.2, 0.25) is 0 Å². The SMILES string of the molecule is CCCNC(=O)CNCCOc1ccccc1C(=O)O. The smallest absolute Gasteiger partial charge is 0.339 e. The summed E-state index contributed by atoms with van der Waals surface area (Å²) >= 11 is 0. The van der Waals surface area contributed by atoms with E-state index in [1.165, 1.54) is 6.07 Å². The molecule has 0 unspecified atom stereocenters. The molecule has 0 saturated heterocycles. The molecule has 110 valence electrons. The molecule has 3 N–H and O–H groups in total. The lowest BCUT2D eigenvalue weighted by molar-refractivity contribution is -0.120. The molecule has 1 amide bonds. The van der Waals surface area contributed by atoms with Gasteiger partial charge in [-0.1, -0.05) is 19.1 Å². The van der Waals surface area contributed by atoms with Crippen LogP contribution in [0.3, 0.4) is 0 Å². The normalized spacial score (nSPS) is 10.1. The Balaban J connectivity index is 2.25. The Hall–Kier alpha value is -2.08. The molecule has 1 rings (SSSR count). The molecule has 0 aliphatic rings. The van der Waals surface area contributed by atoms with E-state index in [4.69, 9.17) is 9.84 Å². The Morgan fingerprint density at radius 1 is 1.25 bits per heavy atom. The van der Waals surface area contributed by atoms with Crippen molar-refractivity contribution in [1.82, 2.24) is 10.6 Å². The maximum atomic E-state index is 11.3. The minimum atomic E-state index is -1.02. The first-order valence-electron chi connectivity index (χ1n) is 6.57. The summed E-state index contributed by atoms with van der Waals surface area (Å²) in [7, 11) is 0. The van der Waals surface area contributed by atoms with Gasteiger partial charge in [0.2, 0.25) is 5.91 Å². The van der Waals surface area contributed by atoms with Gasteiger partial charge in [-0.3, -0.25) is 4.79 Å². The van der Waals surface area contributed by atoms with Gasteiger partial charge in [-0.25, -0.2) is 4.79 Å². The third kappa shape index (κ3) is 5.71. The number of carboxylic acids is 1. The first-order valence-corrected chi connectivity index (χ1v) is 6.57. The number of carbonyl (C=O) groups is 2. The Bertz CT molecular complexity index is 449. The highest BCUT2D eigenvalue weighted by molar-refractivity contribution is 5.90. The van der Waals surface area contributed by atoms with Crippen molar-refractivity contribution >= 4 is 11.9 Å². The van der Waals surface area contributed by atoms with Crippen LogP contribution < -0.4 is 15.4 Å². The van der Waals surface area contributed by atoms with E-state index in [-0.39, 0.29) is 18.0 Å². The van der Waals surface area contributed by atoms with E-state index in [9.17, 15) is 9.59 Å². The molecule has 0 atom stereocenters. The van der Waals surface area contributed by atoms with Gasteiger partial charge in [-0.05, 0) is 18.6 Å². The largest absolute Gasteiger partial charge is 0.491 e. The van der Waals surface area contributed by atoms with Crippen LogP contribution in [0, 0.1) is 0 Å². The van der Waals surface area contributed by atoms with Crippen LogP contribution in [-0.2, 0) is 4.79 Å². The van der Waals surface area contributed by atoms with Crippen LogP contribution in [-0.4, -0.2) is 43.2 Å². The molecule has 0 aliphatic carbocycles. The Kier molecular flexibility index (Phi) is 7.13. The van der Waals surface area contributed by atoms with Crippen LogP contribution in [0.1, 0.15) is 23.7 Å². The van der Waals surface area contributed by atoms with E-state index >= 15 is 0 Å². The van der Waals surface area contributed by atoms with Crippen LogP contribution in [0.4, 0.5) is 0 Å². The number of hydrogen-bond donors (Lipinski definition) is 3. The summed E-state index contributed by atoms with van der Waals surface area (Å²) in [5.41, 5.74) is 0.133. The number of hydrogen-bond acceptors (Lipinski definition) is 4. The summed E-state index contributed by atoms with van der Waals surface area (Å²) in [5.74, 6) is -0.748. The molecule has 0 fully saturated rings. The van der Waals surface area contributed by atoms with E-state index in [2.05, 4.69) is 10.6 Å². The molecule has 0 heterocycles. The average Bonchev–Trinajstić information content (AvgIpc) is 2.45. The molecule has 6 heteroatoms. The van der Waals surface area contributed by atoms with Crippen molar-refractivity contribution in [3.63, 3.8) is 0 Å². The number of carboxylic acid groups (broad SMARTS) is 1. The molecule has 0 aliphatic heterocycles.